The predicted octanol–water partition coefficient (Wildman–Crippen LogP) is 3.04. The van der Waals surface area contributed by atoms with Crippen molar-refractivity contribution in [1.29, 1.82) is 0 Å². The summed E-state index contributed by atoms with van der Waals surface area (Å²) in [5.74, 6) is -0.836. The minimum Gasteiger partial charge on any atom is -0.480 e. The van der Waals surface area contributed by atoms with Gasteiger partial charge in [-0.25, -0.2) is 0 Å². The quantitative estimate of drug-likeness (QED) is 0.855. The average molecular weight is 329 g/mol. The highest BCUT2D eigenvalue weighted by molar-refractivity contribution is 5.73. The summed E-state index contributed by atoms with van der Waals surface area (Å²) in [6.45, 7) is 10.8. The second-order valence-electron chi connectivity index (χ2n) is 7.19. The molecular weight excluding hydrogens is 302 g/mol. The molecule has 0 saturated heterocycles. The van der Waals surface area contributed by atoms with E-state index in [2.05, 4.69) is 31.2 Å². The number of hydrogen-bond acceptors (Lipinski definition) is 3. The second kappa shape index (κ2) is 7.18. The molecule has 0 bridgehead atoms. The van der Waals surface area contributed by atoms with E-state index in [1.165, 1.54) is 0 Å². The lowest BCUT2D eigenvalue weighted by Gasteiger charge is -2.21. The number of rotatable bonds is 6. The average Bonchev–Trinajstić information content (AvgIpc) is 2.79. The SMILES string of the molecule is Cc1nn(C(C)(C)C)c(C)c1CN[C@@H](Cc1ccccc1)C(=O)O. The standard InChI is InChI=1S/C19H27N3O2/c1-13-16(14(2)22(21-13)19(3,4)5)12-20-17(18(23)24)11-15-9-7-6-8-10-15/h6-10,17,20H,11-12H2,1-5H3,(H,23,24)/t17-/m0/s1. The Morgan fingerprint density at radius 1 is 1.25 bits per heavy atom. The van der Waals surface area contributed by atoms with Crippen LogP contribution in [0.2, 0.25) is 0 Å². The minimum absolute atomic E-state index is 0.0939. The number of hydrogen-bond donors (Lipinski definition) is 2. The normalized spacial score (nSPS) is 13.0. The molecule has 1 heterocycles. The van der Waals surface area contributed by atoms with Crippen LogP contribution in [0.4, 0.5) is 0 Å². The van der Waals surface area contributed by atoms with Crippen molar-refractivity contribution in [3.63, 3.8) is 0 Å². The number of carboxylic acids is 1. The van der Waals surface area contributed by atoms with E-state index in [0.29, 0.717) is 13.0 Å². The Hall–Kier alpha value is -2.14. The van der Waals surface area contributed by atoms with Gasteiger partial charge >= 0.3 is 5.97 Å². The van der Waals surface area contributed by atoms with Crippen molar-refractivity contribution in [1.82, 2.24) is 15.1 Å². The Bertz CT molecular complexity index is 699. The van der Waals surface area contributed by atoms with E-state index in [9.17, 15) is 9.90 Å². The fourth-order valence-corrected chi connectivity index (χ4v) is 2.91. The zero-order valence-electron chi connectivity index (χ0n) is 15.1. The topological polar surface area (TPSA) is 67.2 Å². The van der Waals surface area contributed by atoms with Crippen LogP contribution >= 0.6 is 0 Å². The van der Waals surface area contributed by atoms with Crippen molar-refractivity contribution in [3.8, 4) is 0 Å². The molecule has 0 spiro atoms. The lowest BCUT2D eigenvalue weighted by molar-refractivity contribution is -0.139. The lowest BCUT2D eigenvalue weighted by Crippen LogP contribution is -2.38. The number of benzene rings is 1. The molecule has 130 valence electrons. The molecule has 2 aromatic rings. The Morgan fingerprint density at radius 2 is 1.88 bits per heavy atom. The van der Waals surface area contributed by atoms with Crippen molar-refractivity contribution in [2.45, 2.75) is 59.2 Å². The largest absolute Gasteiger partial charge is 0.480 e. The fraction of sp³-hybridized carbons (Fsp3) is 0.474. The van der Waals surface area contributed by atoms with E-state index in [-0.39, 0.29) is 5.54 Å². The van der Waals surface area contributed by atoms with Gasteiger partial charge in [0.25, 0.3) is 0 Å². The van der Waals surface area contributed by atoms with Gasteiger partial charge in [0.15, 0.2) is 0 Å². The molecule has 0 radical (unpaired) electrons. The maximum absolute atomic E-state index is 11.6. The molecule has 0 aliphatic heterocycles. The van der Waals surface area contributed by atoms with E-state index < -0.39 is 12.0 Å². The summed E-state index contributed by atoms with van der Waals surface area (Å²) in [5, 5.41) is 17.3. The highest BCUT2D eigenvalue weighted by Gasteiger charge is 2.23. The summed E-state index contributed by atoms with van der Waals surface area (Å²) in [5.41, 5.74) is 4.01. The van der Waals surface area contributed by atoms with Crippen molar-refractivity contribution < 1.29 is 9.90 Å². The number of aliphatic carboxylic acids is 1. The first-order valence-corrected chi connectivity index (χ1v) is 8.26. The maximum atomic E-state index is 11.6. The Labute approximate surface area is 143 Å². The summed E-state index contributed by atoms with van der Waals surface area (Å²) in [4.78, 5) is 11.6. The number of nitrogens with zero attached hydrogens (tertiary/aromatic N) is 2. The molecule has 1 aromatic heterocycles. The molecular formula is C19H27N3O2. The van der Waals surface area contributed by atoms with Crippen LogP contribution in [0.3, 0.4) is 0 Å². The first kappa shape index (κ1) is 18.2. The summed E-state index contributed by atoms with van der Waals surface area (Å²) >= 11 is 0. The highest BCUT2D eigenvalue weighted by atomic mass is 16.4. The van der Waals surface area contributed by atoms with Crippen molar-refractivity contribution in [3.05, 3.63) is 52.8 Å². The number of nitrogens with one attached hydrogen (secondary N) is 1. The van der Waals surface area contributed by atoms with Crippen LogP contribution < -0.4 is 5.32 Å². The van der Waals surface area contributed by atoms with Gasteiger partial charge in [-0.15, -0.1) is 0 Å². The van der Waals surface area contributed by atoms with Crippen LogP contribution in [0.1, 0.15) is 43.3 Å². The molecule has 0 aliphatic carbocycles. The van der Waals surface area contributed by atoms with Gasteiger partial charge in [-0.3, -0.25) is 14.8 Å². The lowest BCUT2D eigenvalue weighted by atomic mass is 10.1. The van der Waals surface area contributed by atoms with Gasteiger partial charge in [-0.05, 0) is 46.6 Å². The monoisotopic (exact) mass is 329 g/mol. The zero-order chi connectivity index (χ0) is 17.9. The predicted molar refractivity (Wildman–Crippen MR) is 95.1 cm³/mol. The third-order valence-electron chi connectivity index (χ3n) is 4.18. The van der Waals surface area contributed by atoms with Gasteiger partial charge in [0.1, 0.15) is 6.04 Å². The molecule has 2 rings (SSSR count). The number of aryl methyl sites for hydroxylation is 1. The molecule has 5 nitrogen and oxygen atoms in total. The van der Waals surface area contributed by atoms with E-state index in [4.69, 9.17) is 0 Å². The Balaban J connectivity index is 2.13. The number of carbonyl (C=O) groups is 1. The third-order valence-corrected chi connectivity index (χ3v) is 4.18. The summed E-state index contributed by atoms with van der Waals surface area (Å²) in [6.07, 6.45) is 0.460. The molecule has 0 unspecified atom stereocenters. The van der Waals surface area contributed by atoms with Gasteiger partial charge in [-0.2, -0.15) is 5.10 Å². The third kappa shape index (κ3) is 4.23. The molecule has 0 fully saturated rings. The van der Waals surface area contributed by atoms with Gasteiger partial charge in [-0.1, -0.05) is 30.3 Å². The van der Waals surface area contributed by atoms with Gasteiger partial charge < -0.3 is 5.11 Å². The van der Waals surface area contributed by atoms with E-state index in [1.54, 1.807) is 0 Å². The summed E-state index contributed by atoms with van der Waals surface area (Å²) in [6, 6.07) is 9.06. The van der Waals surface area contributed by atoms with Crippen LogP contribution in [0.5, 0.6) is 0 Å². The fourth-order valence-electron chi connectivity index (χ4n) is 2.91. The van der Waals surface area contributed by atoms with E-state index in [0.717, 1.165) is 22.5 Å². The van der Waals surface area contributed by atoms with Crippen LogP contribution in [0, 0.1) is 13.8 Å². The highest BCUT2D eigenvalue weighted by Crippen LogP contribution is 2.21. The van der Waals surface area contributed by atoms with Crippen LogP contribution in [-0.2, 0) is 23.3 Å². The Kier molecular flexibility index (Phi) is 5.44. The molecule has 1 atom stereocenters. The first-order chi connectivity index (χ1) is 11.2. The van der Waals surface area contributed by atoms with Crippen molar-refractivity contribution >= 4 is 5.97 Å². The van der Waals surface area contributed by atoms with E-state index in [1.807, 2.05) is 48.9 Å². The first-order valence-electron chi connectivity index (χ1n) is 8.26. The van der Waals surface area contributed by atoms with Crippen molar-refractivity contribution in [2.24, 2.45) is 0 Å². The molecule has 2 N–H and O–H groups in total. The van der Waals surface area contributed by atoms with E-state index >= 15 is 0 Å². The molecule has 5 heteroatoms. The van der Waals surface area contributed by atoms with Crippen LogP contribution in [-0.4, -0.2) is 26.9 Å². The molecule has 0 aliphatic rings. The van der Waals surface area contributed by atoms with Gasteiger partial charge in [0, 0.05) is 17.8 Å². The summed E-state index contributed by atoms with van der Waals surface area (Å²) in [7, 11) is 0. The Morgan fingerprint density at radius 3 is 2.38 bits per heavy atom. The minimum atomic E-state index is -0.836. The summed E-state index contributed by atoms with van der Waals surface area (Å²) < 4.78 is 2.01. The molecule has 0 saturated carbocycles. The molecule has 1 aromatic carbocycles. The number of aromatic nitrogens is 2. The maximum Gasteiger partial charge on any atom is 0.321 e. The zero-order valence-corrected chi connectivity index (χ0v) is 15.1. The van der Waals surface area contributed by atoms with Crippen LogP contribution in [0.25, 0.3) is 0 Å². The smallest absolute Gasteiger partial charge is 0.321 e. The molecule has 24 heavy (non-hydrogen) atoms. The van der Waals surface area contributed by atoms with Gasteiger partial charge in [0.05, 0.1) is 11.2 Å². The van der Waals surface area contributed by atoms with Crippen molar-refractivity contribution in [2.75, 3.05) is 0 Å². The second-order valence-corrected chi connectivity index (χ2v) is 7.19. The van der Waals surface area contributed by atoms with Crippen LogP contribution in [0.15, 0.2) is 30.3 Å². The molecule has 0 amide bonds. The van der Waals surface area contributed by atoms with Gasteiger partial charge in [0.2, 0.25) is 0 Å². The number of carboxylic acid groups (broad SMARTS) is 1.